The zero-order chi connectivity index (χ0) is 10.1. The van der Waals surface area contributed by atoms with Crippen LogP contribution in [0.25, 0.3) is 0 Å². The zero-order valence-corrected chi connectivity index (χ0v) is 8.58. The van der Waals surface area contributed by atoms with Crippen LogP contribution in [0.1, 0.15) is 39.5 Å². The Morgan fingerprint density at radius 1 is 1.54 bits per heavy atom. The van der Waals surface area contributed by atoms with Gasteiger partial charge in [-0.2, -0.15) is 0 Å². The van der Waals surface area contributed by atoms with Crippen LogP contribution in [0.5, 0.6) is 0 Å². The highest BCUT2D eigenvalue weighted by atomic mass is 16.3. The van der Waals surface area contributed by atoms with Crippen LogP contribution < -0.4 is 0 Å². The molecule has 1 aliphatic rings. The summed E-state index contributed by atoms with van der Waals surface area (Å²) in [4.78, 5) is 0. The Balaban J connectivity index is 2.72. The Morgan fingerprint density at radius 3 is 2.54 bits per heavy atom. The van der Waals surface area contributed by atoms with Gasteiger partial charge in [0.2, 0.25) is 0 Å². The molecule has 1 fully saturated rings. The molecule has 0 heterocycles. The third kappa shape index (κ3) is 1.65. The van der Waals surface area contributed by atoms with E-state index in [1.165, 1.54) is 0 Å². The molecule has 76 valence electrons. The van der Waals surface area contributed by atoms with Crippen LogP contribution in [0.2, 0.25) is 0 Å². The van der Waals surface area contributed by atoms with Gasteiger partial charge in [0.25, 0.3) is 0 Å². The van der Waals surface area contributed by atoms with E-state index in [1.54, 1.807) is 0 Å². The van der Waals surface area contributed by atoms with Crippen molar-refractivity contribution >= 4 is 0 Å². The van der Waals surface area contributed by atoms with Crippen LogP contribution in [0.15, 0.2) is 12.7 Å². The number of allylic oxidation sites excluding steroid dienone is 1. The Kier molecular flexibility index (Phi) is 2.83. The number of aliphatic hydroxyl groups excluding tert-OH is 1. The van der Waals surface area contributed by atoms with E-state index < -0.39 is 5.60 Å². The molecule has 2 N–H and O–H groups in total. The highest BCUT2D eigenvalue weighted by molar-refractivity contribution is 5.04. The first kappa shape index (κ1) is 10.7. The van der Waals surface area contributed by atoms with Crippen LogP contribution in [0, 0.1) is 5.41 Å². The highest BCUT2D eigenvalue weighted by Crippen LogP contribution is 2.48. The quantitative estimate of drug-likeness (QED) is 0.657. The minimum absolute atomic E-state index is 0.373. The van der Waals surface area contributed by atoms with Crippen molar-refractivity contribution in [2.24, 2.45) is 5.41 Å². The van der Waals surface area contributed by atoms with Crippen molar-refractivity contribution in [1.82, 2.24) is 0 Å². The first-order valence-electron chi connectivity index (χ1n) is 4.95. The van der Waals surface area contributed by atoms with Crippen molar-refractivity contribution in [3.05, 3.63) is 12.7 Å². The predicted octanol–water partition coefficient (Wildman–Crippen LogP) is 1.86. The maximum atomic E-state index is 10.3. The minimum Gasteiger partial charge on any atom is -0.392 e. The lowest BCUT2D eigenvalue weighted by atomic mass is 9.74. The maximum absolute atomic E-state index is 10.3. The van der Waals surface area contributed by atoms with E-state index in [4.69, 9.17) is 0 Å². The molecular weight excluding hydrogens is 164 g/mol. The van der Waals surface area contributed by atoms with Gasteiger partial charge < -0.3 is 10.2 Å². The first-order chi connectivity index (χ1) is 5.94. The molecule has 2 atom stereocenters. The van der Waals surface area contributed by atoms with E-state index >= 15 is 0 Å². The van der Waals surface area contributed by atoms with Crippen LogP contribution in [0.4, 0.5) is 0 Å². The summed E-state index contributed by atoms with van der Waals surface area (Å²) in [5.74, 6) is 0. The zero-order valence-electron chi connectivity index (χ0n) is 8.58. The van der Waals surface area contributed by atoms with Crippen molar-refractivity contribution in [3.8, 4) is 0 Å². The molecule has 0 spiro atoms. The van der Waals surface area contributed by atoms with E-state index in [9.17, 15) is 10.2 Å². The van der Waals surface area contributed by atoms with Crippen molar-refractivity contribution in [3.63, 3.8) is 0 Å². The van der Waals surface area contributed by atoms with Crippen molar-refractivity contribution < 1.29 is 10.2 Å². The second kappa shape index (κ2) is 3.43. The van der Waals surface area contributed by atoms with Gasteiger partial charge in [-0.15, -0.1) is 6.58 Å². The van der Waals surface area contributed by atoms with Gasteiger partial charge in [0.05, 0.1) is 11.7 Å². The molecule has 0 bridgehead atoms. The second-order valence-corrected chi connectivity index (χ2v) is 4.64. The van der Waals surface area contributed by atoms with E-state index in [0.29, 0.717) is 19.3 Å². The molecule has 0 aromatic carbocycles. The summed E-state index contributed by atoms with van der Waals surface area (Å²) in [5.41, 5.74) is -1.09. The summed E-state index contributed by atoms with van der Waals surface area (Å²) in [6.07, 6.45) is 4.38. The average Bonchev–Trinajstić information content (AvgIpc) is 2.27. The van der Waals surface area contributed by atoms with E-state index in [1.807, 2.05) is 19.9 Å². The van der Waals surface area contributed by atoms with Gasteiger partial charge in [0.1, 0.15) is 0 Å². The van der Waals surface area contributed by atoms with Crippen molar-refractivity contribution in [2.45, 2.75) is 51.2 Å². The topological polar surface area (TPSA) is 40.5 Å². The lowest BCUT2D eigenvalue weighted by Gasteiger charge is -2.38. The largest absolute Gasteiger partial charge is 0.392 e. The fourth-order valence-electron chi connectivity index (χ4n) is 2.16. The highest BCUT2D eigenvalue weighted by Gasteiger charge is 2.52. The molecule has 0 aromatic rings. The Bertz CT molecular complexity index is 198. The van der Waals surface area contributed by atoms with E-state index in [2.05, 4.69) is 6.58 Å². The van der Waals surface area contributed by atoms with Gasteiger partial charge in [-0.3, -0.25) is 0 Å². The molecule has 0 radical (unpaired) electrons. The van der Waals surface area contributed by atoms with Gasteiger partial charge in [-0.1, -0.05) is 19.9 Å². The first-order valence-corrected chi connectivity index (χ1v) is 4.95. The van der Waals surface area contributed by atoms with Crippen molar-refractivity contribution in [2.75, 3.05) is 0 Å². The van der Waals surface area contributed by atoms with E-state index in [0.717, 1.165) is 6.42 Å². The normalized spacial score (nSPS) is 37.7. The number of rotatable bonds is 3. The smallest absolute Gasteiger partial charge is 0.0727 e. The molecule has 0 saturated heterocycles. The summed E-state index contributed by atoms with van der Waals surface area (Å²) in [6.45, 7) is 7.52. The van der Waals surface area contributed by atoms with Crippen LogP contribution in [-0.4, -0.2) is 21.9 Å². The maximum Gasteiger partial charge on any atom is 0.0727 e. The third-order valence-electron chi connectivity index (χ3n) is 3.63. The fraction of sp³-hybridized carbons (Fsp3) is 0.818. The summed E-state index contributed by atoms with van der Waals surface area (Å²) in [6, 6.07) is 0. The average molecular weight is 184 g/mol. The molecule has 1 saturated carbocycles. The second-order valence-electron chi connectivity index (χ2n) is 4.64. The summed E-state index contributed by atoms with van der Waals surface area (Å²) < 4.78 is 0. The van der Waals surface area contributed by atoms with E-state index in [-0.39, 0.29) is 11.5 Å². The lowest BCUT2D eigenvalue weighted by Crippen LogP contribution is -2.44. The van der Waals surface area contributed by atoms with Gasteiger partial charge in [-0.25, -0.2) is 0 Å². The molecule has 1 rings (SSSR count). The van der Waals surface area contributed by atoms with Crippen LogP contribution >= 0.6 is 0 Å². The summed E-state index contributed by atoms with van der Waals surface area (Å²) >= 11 is 0. The number of hydrogen-bond donors (Lipinski definition) is 2. The Labute approximate surface area is 80.3 Å². The summed E-state index contributed by atoms with van der Waals surface area (Å²) in [7, 11) is 0. The molecule has 2 nitrogen and oxygen atoms in total. The molecule has 2 unspecified atom stereocenters. The molecule has 2 heteroatoms. The van der Waals surface area contributed by atoms with Gasteiger partial charge in [-0.05, 0) is 25.7 Å². The molecule has 0 amide bonds. The van der Waals surface area contributed by atoms with Crippen LogP contribution in [0.3, 0.4) is 0 Å². The Hall–Kier alpha value is -0.340. The molecule has 1 aliphatic carbocycles. The number of hydrogen-bond acceptors (Lipinski definition) is 2. The third-order valence-corrected chi connectivity index (χ3v) is 3.63. The lowest BCUT2D eigenvalue weighted by molar-refractivity contribution is -0.0850. The van der Waals surface area contributed by atoms with Gasteiger partial charge in [0, 0.05) is 5.41 Å². The van der Waals surface area contributed by atoms with Gasteiger partial charge >= 0.3 is 0 Å². The Morgan fingerprint density at radius 2 is 2.15 bits per heavy atom. The minimum atomic E-state index is -0.708. The molecule has 0 aromatic heterocycles. The van der Waals surface area contributed by atoms with Gasteiger partial charge in [0.15, 0.2) is 0 Å². The molecule has 0 aliphatic heterocycles. The summed E-state index contributed by atoms with van der Waals surface area (Å²) in [5, 5.41) is 20.0. The predicted molar refractivity (Wildman–Crippen MR) is 53.4 cm³/mol. The van der Waals surface area contributed by atoms with Crippen LogP contribution in [-0.2, 0) is 0 Å². The molecular formula is C11H20O2. The molecule has 13 heavy (non-hydrogen) atoms. The monoisotopic (exact) mass is 184 g/mol. The SMILES string of the molecule is C=CCCC1(O)CCC(O)C1(C)C. The number of aliphatic hydroxyl groups is 2. The standard InChI is InChI=1S/C11H20O2/c1-4-5-7-11(13)8-6-9(12)10(11,2)3/h4,9,12-13H,1,5-8H2,2-3H3. The van der Waals surface area contributed by atoms with Crippen molar-refractivity contribution in [1.29, 1.82) is 0 Å². The fourth-order valence-corrected chi connectivity index (χ4v) is 2.16.